The van der Waals surface area contributed by atoms with Crippen molar-refractivity contribution in [1.82, 2.24) is 5.32 Å². The summed E-state index contributed by atoms with van der Waals surface area (Å²) in [5.41, 5.74) is -0.648. The largest absolute Gasteiger partial charge is 0.481 e. The lowest BCUT2D eigenvalue weighted by Crippen LogP contribution is -2.54. The van der Waals surface area contributed by atoms with Gasteiger partial charge in [-0.1, -0.05) is 12.1 Å². The molecule has 2 rings (SSSR count). The number of nitrogens with one attached hydrogen (secondary N) is 1. The minimum absolute atomic E-state index is 0.0309. The van der Waals surface area contributed by atoms with Gasteiger partial charge in [-0.25, -0.2) is 0 Å². The molecule has 1 amide bonds. The zero-order chi connectivity index (χ0) is 15.6. The topological polar surface area (TPSA) is 110 Å². The number of carboxylic acid groups (broad SMARTS) is 1. The van der Waals surface area contributed by atoms with E-state index < -0.39 is 22.3 Å². The van der Waals surface area contributed by atoms with Crippen LogP contribution in [0.4, 0.5) is 5.69 Å². The predicted octanol–water partition coefficient (Wildman–Crippen LogP) is 2.03. The average molecular weight is 292 g/mol. The number of hydrogen-bond acceptors (Lipinski definition) is 4. The molecule has 0 aliphatic heterocycles. The number of amides is 1. The third-order valence-corrected chi connectivity index (χ3v) is 3.84. The molecule has 0 radical (unpaired) electrons. The highest BCUT2D eigenvalue weighted by molar-refractivity contribution is 5.99. The van der Waals surface area contributed by atoms with Crippen LogP contribution >= 0.6 is 0 Å². The lowest BCUT2D eigenvalue weighted by molar-refractivity contribution is -0.385. The van der Waals surface area contributed by atoms with Crippen molar-refractivity contribution in [3.8, 4) is 0 Å². The van der Waals surface area contributed by atoms with Crippen molar-refractivity contribution in [2.45, 2.75) is 38.1 Å². The summed E-state index contributed by atoms with van der Waals surface area (Å²) in [7, 11) is 0. The molecule has 1 aromatic carbocycles. The van der Waals surface area contributed by atoms with Crippen LogP contribution in [0.5, 0.6) is 0 Å². The second-order valence-corrected chi connectivity index (χ2v) is 5.39. The Bertz CT molecular complexity index is 607. The lowest BCUT2D eigenvalue weighted by atomic mass is 9.74. The molecule has 0 saturated heterocycles. The number of nitrogens with zero attached hydrogens (tertiary/aromatic N) is 1. The first kappa shape index (κ1) is 15.0. The van der Waals surface area contributed by atoms with Crippen molar-refractivity contribution in [3.05, 3.63) is 39.4 Å². The van der Waals surface area contributed by atoms with Gasteiger partial charge >= 0.3 is 5.97 Å². The van der Waals surface area contributed by atoms with Gasteiger partial charge < -0.3 is 10.4 Å². The van der Waals surface area contributed by atoms with Gasteiger partial charge in [-0.3, -0.25) is 19.7 Å². The number of hydrogen-bond donors (Lipinski definition) is 2. The molecule has 2 N–H and O–H groups in total. The Balaban J connectivity index is 2.27. The number of para-hydroxylation sites is 1. The first-order valence-electron chi connectivity index (χ1n) is 6.63. The highest BCUT2D eigenvalue weighted by Crippen LogP contribution is 2.35. The molecule has 7 heteroatoms. The minimum atomic E-state index is -0.992. The molecule has 1 aliphatic carbocycles. The van der Waals surface area contributed by atoms with Gasteiger partial charge in [0.05, 0.1) is 16.9 Å². The fourth-order valence-electron chi connectivity index (χ4n) is 2.63. The number of nitro groups is 1. The highest BCUT2D eigenvalue weighted by atomic mass is 16.6. The molecule has 0 unspecified atom stereocenters. The zero-order valence-electron chi connectivity index (χ0n) is 11.6. The number of carboxylic acids is 1. The van der Waals surface area contributed by atoms with Crippen LogP contribution in [0.3, 0.4) is 0 Å². The zero-order valence-corrected chi connectivity index (χ0v) is 11.6. The first-order chi connectivity index (χ1) is 9.84. The van der Waals surface area contributed by atoms with E-state index in [1.807, 2.05) is 0 Å². The second-order valence-electron chi connectivity index (χ2n) is 5.39. The molecule has 21 heavy (non-hydrogen) atoms. The van der Waals surface area contributed by atoms with E-state index in [1.165, 1.54) is 6.07 Å². The van der Waals surface area contributed by atoms with Crippen molar-refractivity contribution < 1.29 is 19.6 Å². The number of benzene rings is 1. The normalized spacial score (nSPS) is 15.9. The second kappa shape index (κ2) is 5.51. The Hall–Kier alpha value is -2.44. The first-order valence-corrected chi connectivity index (χ1v) is 6.63. The Morgan fingerprint density at radius 1 is 1.43 bits per heavy atom. The fraction of sp³-hybridized carbons (Fsp3) is 0.429. The van der Waals surface area contributed by atoms with E-state index in [-0.39, 0.29) is 17.7 Å². The molecular formula is C14H16N2O5. The van der Waals surface area contributed by atoms with Crippen molar-refractivity contribution in [3.63, 3.8) is 0 Å². The third kappa shape index (κ3) is 3.01. The van der Waals surface area contributed by atoms with E-state index >= 15 is 0 Å². The van der Waals surface area contributed by atoms with Gasteiger partial charge in [0.25, 0.3) is 11.6 Å². The summed E-state index contributed by atoms with van der Waals surface area (Å²) < 4.78 is 0. The Morgan fingerprint density at radius 3 is 2.57 bits per heavy atom. The molecular weight excluding hydrogens is 276 g/mol. The van der Waals surface area contributed by atoms with Gasteiger partial charge in [-0.2, -0.15) is 0 Å². The third-order valence-electron chi connectivity index (χ3n) is 3.84. The summed E-state index contributed by atoms with van der Waals surface area (Å²) in [6, 6.07) is 4.51. The molecule has 0 heterocycles. The van der Waals surface area contributed by atoms with Crippen molar-refractivity contribution in [2.24, 2.45) is 0 Å². The molecule has 0 bridgehead atoms. The summed E-state index contributed by atoms with van der Waals surface area (Å²) in [5, 5.41) is 22.7. The van der Waals surface area contributed by atoms with Crippen LogP contribution in [0.2, 0.25) is 0 Å². The molecule has 1 aliphatic rings. The smallest absolute Gasteiger partial charge is 0.305 e. The Labute approximate surface area is 121 Å². The molecule has 0 spiro atoms. The van der Waals surface area contributed by atoms with Gasteiger partial charge in [0.2, 0.25) is 0 Å². The molecule has 0 aromatic heterocycles. The number of carbonyl (C=O) groups excluding carboxylic acids is 1. The van der Waals surface area contributed by atoms with E-state index in [9.17, 15) is 19.7 Å². The summed E-state index contributed by atoms with van der Waals surface area (Å²) in [6.07, 6.45) is 1.82. The Kier molecular flexibility index (Phi) is 3.93. The maximum Gasteiger partial charge on any atom is 0.305 e. The summed E-state index contributed by atoms with van der Waals surface area (Å²) in [6.45, 7) is 1.56. The van der Waals surface area contributed by atoms with Crippen molar-refractivity contribution in [2.75, 3.05) is 0 Å². The summed E-state index contributed by atoms with van der Waals surface area (Å²) in [5.74, 6) is -1.58. The van der Waals surface area contributed by atoms with Crippen molar-refractivity contribution in [1.29, 1.82) is 0 Å². The predicted molar refractivity (Wildman–Crippen MR) is 74.1 cm³/mol. The number of aryl methyl sites for hydroxylation is 1. The highest BCUT2D eigenvalue weighted by Gasteiger charge is 2.41. The SMILES string of the molecule is Cc1cccc(C(=O)NC2(CC(=O)O)CCC2)c1[N+](=O)[O-]. The van der Waals surface area contributed by atoms with E-state index in [0.717, 1.165) is 6.42 Å². The summed E-state index contributed by atoms with van der Waals surface area (Å²) >= 11 is 0. The van der Waals surface area contributed by atoms with Crippen LogP contribution in [-0.4, -0.2) is 27.4 Å². The van der Waals surface area contributed by atoms with E-state index in [4.69, 9.17) is 5.11 Å². The van der Waals surface area contributed by atoms with Crippen molar-refractivity contribution >= 4 is 17.6 Å². The molecule has 1 saturated carbocycles. The quantitative estimate of drug-likeness (QED) is 0.637. The molecule has 7 nitrogen and oxygen atoms in total. The van der Waals surface area contributed by atoms with E-state index in [2.05, 4.69) is 5.32 Å². The van der Waals surface area contributed by atoms with Gasteiger partial charge in [-0.05, 0) is 32.3 Å². The fourth-order valence-corrected chi connectivity index (χ4v) is 2.63. The lowest BCUT2D eigenvalue weighted by Gasteiger charge is -2.41. The van der Waals surface area contributed by atoms with E-state index in [1.54, 1.807) is 19.1 Å². The maximum absolute atomic E-state index is 12.3. The van der Waals surface area contributed by atoms with Crippen LogP contribution in [0, 0.1) is 17.0 Å². The van der Waals surface area contributed by atoms with Crippen LogP contribution in [0.15, 0.2) is 18.2 Å². The van der Waals surface area contributed by atoms with Crippen LogP contribution in [-0.2, 0) is 4.79 Å². The molecule has 1 fully saturated rings. The number of rotatable bonds is 5. The maximum atomic E-state index is 12.3. The summed E-state index contributed by atoms with van der Waals surface area (Å²) in [4.78, 5) is 33.7. The van der Waals surface area contributed by atoms with Crippen LogP contribution in [0.1, 0.15) is 41.6 Å². The van der Waals surface area contributed by atoms with Gasteiger partial charge in [-0.15, -0.1) is 0 Å². The molecule has 0 atom stereocenters. The van der Waals surface area contributed by atoms with E-state index in [0.29, 0.717) is 18.4 Å². The van der Waals surface area contributed by atoms with Crippen LogP contribution in [0.25, 0.3) is 0 Å². The minimum Gasteiger partial charge on any atom is -0.481 e. The Morgan fingerprint density at radius 2 is 2.10 bits per heavy atom. The monoisotopic (exact) mass is 292 g/mol. The van der Waals surface area contributed by atoms with Crippen LogP contribution < -0.4 is 5.32 Å². The van der Waals surface area contributed by atoms with Gasteiger partial charge in [0.1, 0.15) is 5.56 Å². The number of carbonyl (C=O) groups is 2. The van der Waals surface area contributed by atoms with Gasteiger partial charge in [0, 0.05) is 5.56 Å². The number of nitro benzene ring substituents is 1. The average Bonchev–Trinajstić information content (AvgIpc) is 2.34. The number of aliphatic carboxylic acids is 1. The standard InChI is InChI=1S/C14H16N2O5/c1-9-4-2-5-10(12(9)16(20)21)13(19)15-14(6-3-7-14)8-11(17)18/h2,4-5H,3,6-8H2,1H3,(H,15,19)(H,17,18). The molecule has 112 valence electrons. The molecule has 1 aromatic rings. The van der Waals surface area contributed by atoms with Gasteiger partial charge in [0.15, 0.2) is 0 Å².